The molecule has 2 aromatic rings. The zero-order valence-corrected chi connectivity index (χ0v) is 15.9. The molecule has 1 aliphatic heterocycles. The topological polar surface area (TPSA) is 97.4 Å². The van der Waals surface area contributed by atoms with Crippen molar-refractivity contribution in [3.8, 4) is 0 Å². The fourth-order valence-corrected chi connectivity index (χ4v) is 7.27. The van der Waals surface area contributed by atoms with E-state index in [2.05, 4.69) is 5.32 Å². The molecular weight excluding hydrogens is 393 g/mol. The number of nitrogens with one attached hydrogen (secondary N) is 1. The van der Waals surface area contributed by atoms with Gasteiger partial charge in [-0.1, -0.05) is 18.2 Å². The van der Waals surface area contributed by atoms with E-state index < -0.39 is 36.6 Å². The number of benzene rings is 2. The van der Waals surface area contributed by atoms with Crippen LogP contribution in [0.25, 0.3) is 0 Å². The first kappa shape index (κ1) is 19.5. The average molecular weight is 411 g/mol. The molecule has 0 radical (unpaired) electrons. The van der Waals surface area contributed by atoms with Crippen molar-refractivity contribution in [2.45, 2.75) is 23.1 Å². The summed E-state index contributed by atoms with van der Waals surface area (Å²) < 4.78 is 61.7. The Kier molecular flexibility index (Phi) is 5.34. The maximum absolute atomic E-state index is 13.6. The van der Waals surface area contributed by atoms with Crippen molar-refractivity contribution >= 4 is 25.6 Å². The first-order valence-corrected chi connectivity index (χ1v) is 11.6. The minimum absolute atomic E-state index is 0.00545. The van der Waals surface area contributed by atoms with Crippen LogP contribution in [-0.2, 0) is 26.2 Å². The van der Waals surface area contributed by atoms with Gasteiger partial charge >= 0.3 is 0 Å². The van der Waals surface area contributed by atoms with E-state index in [-0.39, 0.29) is 34.9 Å². The predicted molar refractivity (Wildman–Crippen MR) is 98.3 cm³/mol. The molecule has 0 aromatic heterocycles. The summed E-state index contributed by atoms with van der Waals surface area (Å²) in [4.78, 5) is 12.2. The van der Waals surface area contributed by atoms with Crippen LogP contribution in [0.1, 0.15) is 22.3 Å². The Balaban J connectivity index is 1.69. The highest BCUT2D eigenvalue weighted by Crippen LogP contribution is 2.25. The van der Waals surface area contributed by atoms with E-state index in [1.165, 1.54) is 30.3 Å². The van der Waals surface area contributed by atoms with Gasteiger partial charge in [-0.2, -0.15) is 0 Å². The van der Waals surface area contributed by atoms with Crippen molar-refractivity contribution in [1.29, 1.82) is 0 Å². The largest absolute Gasteiger partial charge is 0.348 e. The molecule has 1 amide bonds. The normalized spacial score (nSPS) is 18.9. The van der Waals surface area contributed by atoms with Crippen LogP contribution in [0.15, 0.2) is 53.4 Å². The minimum Gasteiger partial charge on any atom is -0.348 e. The molecule has 9 heteroatoms. The third kappa shape index (κ3) is 4.36. The number of carbonyl (C=O) groups excluding carboxylic acids is 1. The molecule has 27 heavy (non-hydrogen) atoms. The Morgan fingerprint density at radius 2 is 1.78 bits per heavy atom. The van der Waals surface area contributed by atoms with E-state index in [4.69, 9.17) is 0 Å². The molecule has 1 atom stereocenters. The molecule has 1 fully saturated rings. The molecule has 1 N–H and O–H groups in total. The standard InChI is InChI=1S/C18H18FNO5S2/c19-17-4-2-1-3-14(17)11-20-18(21)13-5-7-15(8-6-13)27(24,25)16-9-10-26(22,23)12-16/h1-8,16H,9-12H2,(H,20,21). The predicted octanol–water partition coefficient (Wildman–Crippen LogP) is 1.72. The van der Waals surface area contributed by atoms with Crippen molar-refractivity contribution in [1.82, 2.24) is 5.32 Å². The summed E-state index contributed by atoms with van der Waals surface area (Å²) in [6, 6.07) is 11.4. The summed E-state index contributed by atoms with van der Waals surface area (Å²) in [5, 5.41) is 1.62. The number of hydrogen-bond acceptors (Lipinski definition) is 5. The van der Waals surface area contributed by atoms with E-state index in [1.54, 1.807) is 18.2 Å². The van der Waals surface area contributed by atoms with Crippen LogP contribution in [0, 0.1) is 5.82 Å². The first-order valence-electron chi connectivity index (χ1n) is 8.25. The van der Waals surface area contributed by atoms with Gasteiger partial charge in [0.2, 0.25) is 0 Å². The van der Waals surface area contributed by atoms with E-state index >= 15 is 0 Å². The van der Waals surface area contributed by atoms with Gasteiger partial charge in [-0.05, 0) is 36.8 Å². The van der Waals surface area contributed by atoms with Gasteiger partial charge in [-0.15, -0.1) is 0 Å². The first-order chi connectivity index (χ1) is 12.7. The van der Waals surface area contributed by atoms with Crippen LogP contribution in [-0.4, -0.2) is 39.5 Å². The third-order valence-electron chi connectivity index (χ3n) is 4.47. The molecule has 0 spiro atoms. The van der Waals surface area contributed by atoms with Crippen molar-refractivity contribution in [3.05, 3.63) is 65.5 Å². The van der Waals surface area contributed by atoms with Gasteiger partial charge in [-0.3, -0.25) is 4.79 Å². The van der Waals surface area contributed by atoms with Crippen molar-refractivity contribution in [2.75, 3.05) is 11.5 Å². The number of halogens is 1. The summed E-state index contributed by atoms with van der Waals surface area (Å²) >= 11 is 0. The summed E-state index contributed by atoms with van der Waals surface area (Å²) in [5.74, 6) is -1.40. The Bertz CT molecular complexity index is 1060. The summed E-state index contributed by atoms with van der Waals surface area (Å²) in [5.41, 5.74) is 0.567. The molecule has 0 aliphatic carbocycles. The lowest BCUT2D eigenvalue weighted by atomic mass is 10.2. The zero-order chi connectivity index (χ0) is 19.7. The quantitative estimate of drug-likeness (QED) is 0.808. The van der Waals surface area contributed by atoms with Crippen molar-refractivity contribution < 1.29 is 26.0 Å². The Morgan fingerprint density at radius 1 is 1.11 bits per heavy atom. The Morgan fingerprint density at radius 3 is 2.37 bits per heavy atom. The van der Waals surface area contributed by atoms with Gasteiger partial charge in [-0.25, -0.2) is 21.2 Å². The molecular formula is C18H18FNO5S2. The molecule has 1 heterocycles. The van der Waals surface area contributed by atoms with Gasteiger partial charge in [0.05, 0.1) is 21.7 Å². The van der Waals surface area contributed by atoms with Crippen LogP contribution in [0.5, 0.6) is 0 Å². The zero-order valence-electron chi connectivity index (χ0n) is 14.3. The highest BCUT2D eigenvalue weighted by Gasteiger charge is 2.37. The minimum atomic E-state index is -3.77. The maximum atomic E-state index is 13.6. The Hall–Kier alpha value is -2.26. The monoisotopic (exact) mass is 411 g/mol. The van der Waals surface area contributed by atoms with Gasteiger partial charge < -0.3 is 5.32 Å². The molecule has 144 valence electrons. The van der Waals surface area contributed by atoms with Crippen molar-refractivity contribution in [3.63, 3.8) is 0 Å². The average Bonchev–Trinajstić information content (AvgIpc) is 3.01. The van der Waals surface area contributed by atoms with E-state index in [0.29, 0.717) is 5.56 Å². The second kappa shape index (κ2) is 7.40. The van der Waals surface area contributed by atoms with E-state index in [9.17, 15) is 26.0 Å². The number of carbonyl (C=O) groups is 1. The summed E-state index contributed by atoms with van der Waals surface area (Å²) in [7, 11) is -7.09. The fourth-order valence-electron chi connectivity index (χ4n) is 2.91. The van der Waals surface area contributed by atoms with Crippen LogP contribution in [0.2, 0.25) is 0 Å². The van der Waals surface area contributed by atoms with Gasteiger partial charge in [0, 0.05) is 17.7 Å². The molecule has 6 nitrogen and oxygen atoms in total. The smallest absolute Gasteiger partial charge is 0.251 e. The molecule has 2 aromatic carbocycles. The molecule has 1 aliphatic rings. The molecule has 3 rings (SSSR count). The lowest BCUT2D eigenvalue weighted by Gasteiger charge is -2.11. The van der Waals surface area contributed by atoms with Crippen LogP contribution >= 0.6 is 0 Å². The SMILES string of the molecule is O=C(NCc1ccccc1F)c1ccc(S(=O)(=O)C2CCS(=O)(=O)C2)cc1. The highest BCUT2D eigenvalue weighted by molar-refractivity contribution is 7.96. The Labute approximate surface area is 157 Å². The highest BCUT2D eigenvalue weighted by atomic mass is 32.2. The number of amides is 1. The van der Waals surface area contributed by atoms with Crippen LogP contribution in [0.4, 0.5) is 4.39 Å². The van der Waals surface area contributed by atoms with Gasteiger partial charge in [0.15, 0.2) is 19.7 Å². The molecule has 0 bridgehead atoms. The molecule has 0 saturated carbocycles. The van der Waals surface area contributed by atoms with Gasteiger partial charge in [0.25, 0.3) is 5.91 Å². The number of rotatable bonds is 5. The number of sulfone groups is 2. The van der Waals surface area contributed by atoms with Crippen molar-refractivity contribution in [2.24, 2.45) is 0 Å². The lowest BCUT2D eigenvalue weighted by Crippen LogP contribution is -2.24. The lowest BCUT2D eigenvalue weighted by molar-refractivity contribution is 0.0950. The fraction of sp³-hybridized carbons (Fsp3) is 0.278. The van der Waals surface area contributed by atoms with Crippen LogP contribution < -0.4 is 5.32 Å². The third-order valence-corrected chi connectivity index (χ3v) is 8.66. The number of hydrogen-bond donors (Lipinski definition) is 1. The summed E-state index contributed by atoms with van der Waals surface area (Å²) in [6.07, 6.45) is 0.0789. The molecule has 1 saturated heterocycles. The molecule has 1 unspecified atom stereocenters. The maximum Gasteiger partial charge on any atom is 0.251 e. The van der Waals surface area contributed by atoms with E-state index in [1.807, 2.05) is 0 Å². The summed E-state index contributed by atoms with van der Waals surface area (Å²) in [6.45, 7) is 0.00545. The second-order valence-corrected chi connectivity index (χ2v) is 10.8. The second-order valence-electron chi connectivity index (χ2n) is 6.37. The van der Waals surface area contributed by atoms with Gasteiger partial charge in [0.1, 0.15) is 5.82 Å². The van der Waals surface area contributed by atoms with E-state index in [0.717, 1.165) is 0 Å². The van der Waals surface area contributed by atoms with Crippen LogP contribution in [0.3, 0.4) is 0 Å².